The van der Waals surface area contributed by atoms with Crippen molar-refractivity contribution in [2.24, 2.45) is 0 Å². The van der Waals surface area contributed by atoms with Gasteiger partial charge in [-0.2, -0.15) is 0 Å². The van der Waals surface area contributed by atoms with Gasteiger partial charge in [-0.25, -0.2) is 14.5 Å². The molecule has 0 fully saturated rings. The van der Waals surface area contributed by atoms with E-state index in [4.69, 9.17) is 16.3 Å². The van der Waals surface area contributed by atoms with Crippen LogP contribution >= 0.6 is 11.6 Å². The number of carboxylic acid groups (broad SMARTS) is 1. The predicted molar refractivity (Wildman–Crippen MR) is 84.0 cm³/mol. The number of methoxy groups -OCH3 is 1. The molecule has 8 nitrogen and oxygen atoms in total. The number of hydrogen-bond acceptors (Lipinski definition) is 5. The Balaban J connectivity index is 2.04. The molecule has 1 N–H and O–H groups in total. The highest BCUT2D eigenvalue weighted by Crippen LogP contribution is 2.31. The number of rotatable bonds is 3. The van der Waals surface area contributed by atoms with Crippen molar-refractivity contribution in [3.63, 3.8) is 0 Å². The largest absolute Gasteiger partial charge is 0.476 e. The molecule has 0 saturated carbocycles. The van der Waals surface area contributed by atoms with Gasteiger partial charge in [-0.1, -0.05) is 16.8 Å². The standard InChI is InChI=1S/C15H12ClN5O3/c1-24-6-9-11-5-13-14(15(22)23)17-7-20(13)10-3-2-8(16)4-12(10)21(11)19-18-9/h2-4,7H,5-6H2,1H3,(H,22,23). The fourth-order valence-corrected chi connectivity index (χ4v) is 3.08. The summed E-state index contributed by atoms with van der Waals surface area (Å²) in [5.41, 5.74) is 3.41. The molecule has 0 aliphatic carbocycles. The molecule has 0 saturated heterocycles. The first-order valence-corrected chi connectivity index (χ1v) is 7.50. The van der Waals surface area contributed by atoms with Crippen molar-refractivity contribution in [3.8, 4) is 11.4 Å². The summed E-state index contributed by atoms with van der Waals surface area (Å²) in [5, 5.41) is 18.3. The van der Waals surface area contributed by atoms with Crippen LogP contribution in [0.2, 0.25) is 5.02 Å². The number of imidazole rings is 1. The molecule has 3 aromatic rings. The van der Waals surface area contributed by atoms with Crippen molar-refractivity contribution in [1.82, 2.24) is 24.5 Å². The average molecular weight is 346 g/mol. The Labute approximate surface area is 141 Å². The zero-order valence-corrected chi connectivity index (χ0v) is 13.4. The molecule has 1 aliphatic rings. The van der Waals surface area contributed by atoms with Gasteiger partial charge in [0.05, 0.1) is 29.4 Å². The number of carbonyl (C=O) groups is 1. The van der Waals surface area contributed by atoms with E-state index >= 15 is 0 Å². The summed E-state index contributed by atoms with van der Waals surface area (Å²) in [5.74, 6) is -1.08. The Bertz CT molecular complexity index is 962. The van der Waals surface area contributed by atoms with Crippen molar-refractivity contribution in [2.75, 3.05) is 7.11 Å². The zero-order valence-electron chi connectivity index (χ0n) is 12.6. The molecule has 122 valence electrons. The third kappa shape index (κ3) is 2.11. The molecule has 3 heterocycles. The first kappa shape index (κ1) is 14.9. The van der Waals surface area contributed by atoms with Gasteiger partial charge in [0.25, 0.3) is 0 Å². The van der Waals surface area contributed by atoms with Gasteiger partial charge >= 0.3 is 5.97 Å². The van der Waals surface area contributed by atoms with Crippen LogP contribution < -0.4 is 0 Å². The molecule has 0 bridgehead atoms. The molecule has 1 aliphatic heterocycles. The number of hydrogen-bond donors (Lipinski definition) is 1. The van der Waals surface area contributed by atoms with Crippen molar-refractivity contribution >= 4 is 17.6 Å². The van der Waals surface area contributed by atoms with E-state index < -0.39 is 5.97 Å². The monoisotopic (exact) mass is 345 g/mol. The highest BCUT2D eigenvalue weighted by molar-refractivity contribution is 6.30. The van der Waals surface area contributed by atoms with Crippen LogP contribution in [-0.4, -0.2) is 42.7 Å². The van der Waals surface area contributed by atoms with Crippen LogP contribution in [0.5, 0.6) is 0 Å². The Morgan fingerprint density at radius 1 is 1.38 bits per heavy atom. The number of ether oxygens (including phenoxy) is 1. The van der Waals surface area contributed by atoms with Gasteiger partial charge in [-0.3, -0.25) is 4.57 Å². The number of aromatic nitrogens is 5. The number of aromatic carboxylic acids is 1. The molecule has 24 heavy (non-hydrogen) atoms. The molecule has 0 radical (unpaired) electrons. The summed E-state index contributed by atoms with van der Waals surface area (Å²) in [7, 11) is 1.57. The van der Waals surface area contributed by atoms with E-state index in [1.54, 1.807) is 34.6 Å². The molecular formula is C15H12ClN5O3. The molecule has 9 heteroatoms. The van der Waals surface area contributed by atoms with Crippen LogP contribution in [0.25, 0.3) is 11.4 Å². The molecule has 0 spiro atoms. The van der Waals surface area contributed by atoms with Gasteiger partial charge in [0.15, 0.2) is 5.69 Å². The second-order valence-electron chi connectivity index (χ2n) is 5.35. The maximum atomic E-state index is 11.5. The Hall–Kier alpha value is -2.71. The minimum atomic E-state index is -1.08. The summed E-state index contributed by atoms with van der Waals surface area (Å²) < 4.78 is 8.60. The topological polar surface area (TPSA) is 95.1 Å². The van der Waals surface area contributed by atoms with Crippen LogP contribution in [-0.2, 0) is 17.8 Å². The van der Waals surface area contributed by atoms with Crippen molar-refractivity contribution in [1.29, 1.82) is 0 Å². The lowest BCUT2D eigenvalue weighted by Crippen LogP contribution is -2.07. The highest BCUT2D eigenvalue weighted by atomic mass is 35.5. The quantitative estimate of drug-likeness (QED) is 0.609. The van der Waals surface area contributed by atoms with Crippen molar-refractivity contribution in [3.05, 3.63) is 52.3 Å². The third-order valence-corrected chi connectivity index (χ3v) is 4.19. The highest BCUT2D eigenvalue weighted by Gasteiger charge is 2.28. The van der Waals surface area contributed by atoms with E-state index in [1.807, 2.05) is 0 Å². The number of carboxylic acids is 1. The second-order valence-corrected chi connectivity index (χ2v) is 5.79. The van der Waals surface area contributed by atoms with Crippen LogP contribution in [0, 0.1) is 0 Å². The van der Waals surface area contributed by atoms with Gasteiger partial charge in [0.1, 0.15) is 12.0 Å². The molecule has 4 rings (SSSR count). The van der Waals surface area contributed by atoms with Gasteiger partial charge in [0.2, 0.25) is 0 Å². The molecule has 1 aromatic carbocycles. The van der Waals surface area contributed by atoms with Crippen LogP contribution in [0.1, 0.15) is 27.6 Å². The first-order valence-electron chi connectivity index (χ1n) is 7.12. The fourth-order valence-electron chi connectivity index (χ4n) is 2.91. The summed E-state index contributed by atoms with van der Waals surface area (Å²) in [6, 6.07) is 5.31. The maximum absolute atomic E-state index is 11.5. The number of benzene rings is 1. The van der Waals surface area contributed by atoms with Gasteiger partial charge in [0, 0.05) is 18.6 Å². The predicted octanol–water partition coefficient (Wildman–Crippen LogP) is 1.86. The van der Waals surface area contributed by atoms with E-state index in [9.17, 15) is 9.90 Å². The van der Waals surface area contributed by atoms with Gasteiger partial charge in [-0.15, -0.1) is 5.10 Å². The summed E-state index contributed by atoms with van der Waals surface area (Å²) in [6.45, 7) is 0.280. The molecule has 0 atom stereocenters. The van der Waals surface area contributed by atoms with E-state index in [2.05, 4.69) is 15.3 Å². The summed E-state index contributed by atoms with van der Waals surface area (Å²) in [6.07, 6.45) is 1.82. The molecule has 0 unspecified atom stereocenters. The fraction of sp³-hybridized carbons (Fsp3) is 0.200. The minimum Gasteiger partial charge on any atom is -0.476 e. The number of nitrogens with zero attached hydrogens (tertiary/aromatic N) is 5. The van der Waals surface area contributed by atoms with E-state index in [0.29, 0.717) is 28.5 Å². The second kappa shape index (κ2) is 5.43. The lowest BCUT2D eigenvalue weighted by molar-refractivity contribution is 0.0690. The van der Waals surface area contributed by atoms with E-state index in [0.717, 1.165) is 11.4 Å². The van der Waals surface area contributed by atoms with E-state index in [1.165, 1.54) is 6.33 Å². The van der Waals surface area contributed by atoms with Crippen molar-refractivity contribution < 1.29 is 14.6 Å². The zero-order chi connectivity index (χ0) is 16.8. The summed E-state index contributed by atoms with van der Waals surface area (Å²) in [4.78, 5) is 15.6. The molecular weight excluding hydrogens is 334 g/mol. The third-order valence-electron chi connectivity index (χ3n) is 3.95. The van der Waals surface area contributed by atoms with Crippen LogP contribution in [0.15, 0.2) is 24.5 Å². The van der Waals surface area contributed by atoms with Gasteiger partial charge in [-0.05, 0) is 18.2 Å². The SMILES string of the molecule is COCc1nnn2c1Cc1c(C(=O)O)ncn1-c1ccc(Cl)cc1-2. The Morgan fingerprint density at radius 2 is 2.21 bits per heavy atom. The number of halogens is 1. The smallest absolute Gasteiger partial charge is 0.356 e. The normalized spacial score (nSPS) is 12.2. The van der Waals surface area contributed by atoms with E-state index in [-0.39, 0.29) is 12.3 Å². The summed E-state index contributed by atoms with van der Waals surface area (Å²) >= 11 is 6.14. The molecule has 0 amide bonds. The van der Waals surface area contributed by atoms with Crippen LogP contribution in [0.4, 0.5) is 0 Å². The number of fused-ring (bicyclic) bond motifs is 5. The average Bonchev–Trinajstić information content (AvgIpc) is 3.10. The van der Waals surface area contributed by atoms with Gasteiger partial charge < -0.3 is 9.84 Å². The Kier molecular flexibility index (Phi) is 3.36. The van der Waals surface area contributed by atoms with Crippen molar-refractivity contribution in [2.45, 2.75) is 13.0 Å². The van der Waals surface area contributed by atoms with Crippen LogP contribution in [0.3, 0.4) is 0 Å². The first-order chi connectivity index (χ1) is 11.6. The lowest BCUT2D eigenvalue weighted by atomic mass is 10.1. The maximum Gasteiger partial charge on any atom is 0.356 e. The molecule has 2 aromatic heterocycles. The lowest BCUT2D eigenvalue weighted by Gasteiger charge is -2.09. The Morgan fingerprint density at radius 3 is 2.96 bits per heavy atom. The minimum absolute atomic E-state index is 0.00826.